The minimum Gasteiger partial charge on any atom is -0.309 e. The lowest BCUT2D eigenvalue weighted by Gasteiger charge is -2.12. The van der Waals surface area contributed by atoms with Gasteiger partial charge in [-0.2, -0.15) is 0 Å². The quantitative estimate of drug-likeness (QED) is 0.186. The fourth-order valence-corrected chi connectivity index (χ4v) is 7.39. The van der Waals surface area contributed by atoms with Gasteiger partial charge in [0.05, 0.1) is 22.1 Å². The number of hydrogen-bond donors (Lipinski definition) is 0. The fraction of sp³-hybridized carbons (Fsp3) is 0.0217. The molecule has 3 aromatic heterocycles. The number of aromatic nitrogens is 5. The van der Waals surface area contributed by atoms with Gasteiger partial charge in [-0.25, -0.2) is 15.0 Å². The summed E-state index contributed by atoms with van der Waals surface area (Å²) in [7, 11) is 0. The Kier molecular flexibility index (Phi) is 6.64. The molecule has 10 aromatic rings. The smallest absolute Gasteiger partial charge is 0.164 e. The van der Waals surface area contributed by atoms with Crippen LogP contribution in [0.3, 0.4) is 0 Å². The monoisotopic (exact) mass is 653 g/mol. The molecule has 0 radical (unpaired) electrons. The van der Waals surface area contributed by atoms with Crippen LogP contribution >= 0.6 is 0 Å². The third-order valence-corrected chi connectivity index (χ3v) is 9.87. The summed E-state index contributed by atoms with van der Waals surface area (Å²) in [5.74, 6) is 1.92. The Balaban J connectivity index is 1.08. The Bertz CT molecular complexity index is 2610. The molecule has 0 bridgehead atoms. The minimum absolute atomic E-state index is 0.635. The summed E-state index contributed by atoms with van der Waals surface area (Å²) in [5, 5.41) is 4.97. The summed E-state index contributed by atoms with van der Waals surface area (Å²) in [6, 6.07) is 59.7. The zero-order valence-corrected chi connectivity index (χ0v) is 27.9. The maximum absolute atomic E-state index is 5.07. The van der Waals surface area contributed by atoms with Gasteiger partial charge in [-0.1, -0.05) is 103 Å². The van der Waals surface area contributed by atoms with Gasteiger partial charge in [-0.3, -0.25) is 0 Å². The van der Waals surface area contributed by atoms with E-state index < -0.39 is 0 Å². The van der Waals surface area contributed by atoms with Crippen molar-refractivity contribution in [2.45, 2.75) is 6.92 Å². The lowest BCUT2D eigenvalue weighted by molar-refractivity contribution is 1.07. The Hall–Kier alpha value is -6.85. The topological polar surface area (TPSA) is 48.5 Å². The van der Waals surface area contributed by atoms with Crippen molar-refractivity contribution in [1.29, 1.82) is 0 Å². The number of hydrogen-bond acceptors (Lipinski definition) is 3. The molecule has 5 nitrogen and oxygen atoms in total. The molecular weight excluding hydrogens is 623 g/mol. The van der Waals surface area contributed by atoms with Gasteiger partial charge in [0.25, 0.3) is 0 Å². The Morgan fingerprint density at radius 2 is 0.588 bits per heavy atom. The largest absolute Gasteiger partial charge is 0.309 e. The third-order valence-electron chi connectivity index (χ3n) is 9.87. The van der Waals surface area contributed by atoms with Gasteiger partial charge in [-0.05, 0) is 79.7 Å². The molecule has 0 fully saturated rings. The second-order valence-corrected chi connectivity index (χ2v) is 13.0. The fourth-order valence-electron chi connectivity index (χ4n) is 7.39. The van der Waals surface area contributed by atoms with E-state index in [2.05, 4.69) is 186 Å². The van der Waals surface area contributed by atoms with Crippen LogP contribution < -0.4 is 0 Å². The van der Waals surface area contributed by atoms with Crippen LogP contribution in [-0.4, -0.2) is 24.1 Å². The average Bonchev–Trinajstić information content (AvgIpc) is 3.71. The van der Waals surface area contributed by atoms with E-state index in [4.69, 9.17) is 15.0 Å². The summed E-state index contributed by atoms with van der Waals surface area (Å²) in [6.07, 6.45) is 0. The van der Waals surface area contributed by atoms with Crippen LogP contribution in [0.2, 0.25) is 0 Å². The number of nitrogens with zero attached hydrogens (tertiary/aromatic N) is 5. The molecule has 7 aromatic carbocycles. The average molecular weight is 654 g/mol. The molecule has 0 unspecified atom stereocenters. The van der Waals surface area contributed by atoms with Crippen LogP contribution in [0.4, 0.5) is 0 Å². The highest BCUT2D eigenvalue weighted by atomic mass is 15.0. The van der Waals surface area contributed by atoms with E-state index in [1.165, 1.54) is 49.2 Å². The number of para-hydroxylation sites is 4. The van der Waals surface area contributed by atoms with Crippen LogP contribution in [-0.2, 0) is 0 Å². The normalized spacial score (nSPS) is 11.6. The third kappa shape index (κ3) is 4.82. The molecule has 0 aliphatic rings. The van der Waals surface area contributed by atoms with Gasteiger partial charge in [0.15, 0.2) is 17.5 Å². The van der Waals surface area contributed by atoms with Crippen LogP contribution in [0.1, 0.15) is 5.56 Å². The first-order chi connectivity index (χ1) is 25.2. The molecule has 10 rings (SSSR count). The van der Waals surface area contributed by atoms with Crippen molar-refractivity contribution in [3.8, 4) is 45.5 Å². The molecule has 0 amide bonds. The van der Waals surface area contributed by atoms with Gasteiger partial charge in [0.2, 0.25) is 0 Å². The maximum atomic E-state index is 5.07. The van der Waals surface area contributed by atoms with Crippen molar-refractivity contribution in [2.24, 2.45) is 0 Å². The molecule has 3 heterocycles. The Morgan fingerprint density at radius 3 is 0.902 bits per heavy atom. The van der Waals surface area contributed by atoms with Crippen molar-refractivity contribution in [2.75, 3.05) is 0 Å². The van der Waals surface area contributed by atoms with E-state index >= 15 is 0 Å². The number of aryl methyl sites for hydroxylation is 1. The second kappa shape index (κ2) is 11.6. The van der Waals surface area contributed by atoms with E-state index in [0.29, 0.717) is 17.5 Å². The molecule has 240 valence electrons. The summed E-state index contributed by atoms with van der Waals surface area (Å²) < 4.78 is 4.65. The van der Waals surface area contributed by atoms with Crippen LogP contribution in [0.5, 0.6) is 0 Å². The molecule has 0 spiro atoms. The molecule has 0 saturated carbocycles. The SMILES string of the molecule is Cc1ccc(-c2nc(-c3ccc(-n4c5ccccc5c5ccccc54)cc3)nc(-c3ccc(-n4c5ccccc5c5ccccc54)cc3)n2)cc1. The van der Waals surface area contributed by atoms with E-state index in [1.54, 1.807) is 0 Å². The Morgan fingerprint density at radius 1 is 0.314 bits per heavy atom. The van der Waals surface area contributed by atoms with E-state index in [-0.39, 0.29) is 0 Å². The maximum Gasteiger partial charge on any atom is 0.164 e. The summed E-state index contributed by atoms with van der Waals surface area (Å²) in [6.45, 7) is 2.09. The molecule has 0 aliphatic carbocycles. The first kappa shape index (κ1) is 29.1. The predicted molar refractivity (Wildman–Crippen MR) is 210 cm³/mol. The molecule has 0 saturated heterocycles. The molecule has 51 heavy (non-hydrogen) atoms. The first-order valence-corrected chi connectivity index (χ1v) is 17.2. The molecule has 0 N–H and O–H groups in total. The highest BCUT2D eigenvalue weighted by Gasteiger charge is 2.16. The van der Waals surface area contributed by atoms with Crippen LogP contribution in [0.15, 0.2) is 170 Å². The van der Waals surface area contributed by atoms with E-state index in [1.807, 2.05) is 0 Å². The van der Waals surface area contributed by atoms with Crippen LogP contribution in [0.25, 0.3) is 89.2 Å². The van der Waals surface area contributed by atoms with Crippen LogP contribution in [0, 0.1) is 6.92 Å². The molecular formula is C46H31N5. The van der Waals surface area contributed by atoms with E-state index in [0.717, 1.165) is 28.1 Å². The van der Waals surface area contributed by atoms with Gasteiger partial charge in [0.1, 0.15) is 0 Å². The highest BCUT2D eigenvalue weighted by Crippen LogP contribution is 2.34. The Labute approximate surface area is 294 Å². The number of benzene rings is 7. The summed E-state index contributed by atoms with van der Waals surface area (Å²) in [4.78, 5) is 15.1. The second-order valence-electron chi connectivity index (χ2n) is 13.0. The van der Waals surface area contributed by atoms with Crippen molar-refractivity contribution in [3.05, 3.63) is 175 Å². The van der Waals surface area contributed by atoms with E-state index in [9.17, 15) is 0 Å². The highest BCUT2D eigenvalue weighted by molar-refractivity contribution is 6.10. The summed E-state index contributed by atoms with van der Waals surface area (Å²) >= 11 is 0. The van der Waals surface area contributed by atoms with Crippen molar-refractivity contribution >= 4 is 43.6 Å². The summed E-state index contributed by atoms with van der Waals surface area (Å²) in [5.41, 5.74) is 10.9. The molecule has 0 atom stereocenters. The number of rotatable bonds is 5. The standard InChI is InChI=1S/C46H31N5/c1-30-18-20-31(21-19-30)44-47-45(32-22-26-34(27-23-32)50-40-14-6-2-10-36(40)37-11-3-7-15-41(37)50)49-46(48-44)33-24-28-35(29-25-33)51-42-16-8-4-12-38(42)39-13-5-9-17-43(39)51/h2-29H,1H3. The predicted octanol–water partition coefficient (Wildman–Crippen LogP) is 11.4. The number of fused-ring (bicyclic) bond motifs is 6. The van der Waals surface area contributed by atoms with Crippen molar-refractivity contribution in [1.82, 2.24) is 24.1 Å². The van der Waals surface area contributed by atoms with Gasteiger partial charge >= 0.3 is 0 Å². The zero-order chi connectivity index (χ0) is 33.9. The zero-order valence-electron chi connectivity index (χ0n) is 27.9. The van der Waals surface area contributed by atoms with Crippen molar-refractivity contribution in [3.63, 3.8) is 0 Å². The molecule has 5 heteroatoms. The van der Waals surface area contributed by atoms with Gasteiger partial charge < -0.3 is 9.13 Å². The van der Waals surface area contributed by atoms with Gasteiger partial charge in [0, 0.05) is 49.6 Å². The minimum atomic E-state index is 0.635. The lowest BCUT2D eigenvalue weighted by Crippen LogP contribution is -2.01. The first-order valence-electron chi connectivity index (χ1n) is 17.2. The van der Waals surface area contributed by atoms with Crippen molar-refractivity contribution < 1.29 is 0 Å². The van der Waals surface area contributed by atoms with Gasteiger partial charge in [-0.15, -0.1) is 0 Å². The lowest BCUT2D eigenvalue weighted by atomic mass is 10.1. The molecule has 0 aliphatic heterocycles.